The first-order valence-corrected chi connectivity index (χ1v) is 8.99. The summed E-state index contributed by atoms with van der Waals surface area (Å²) in [4.78, 5) is 28.8. The molecular weight excluding hydrogens is 349 g/mol. The molecule has 0 bridgehead atoms. The molecule has 1 aromatic carbocycles. The third-order valence-corrected chi connectivity index (χ3v) is 5.58. The number of benzene rings is 1. The minimum absolute atomic E-state index is 0.0166. The second-order valence-corrected chi connectivity index (χ2v) is 7.36. The van der Waals surface area contributed by atoms with Gasteiger partial charge in [-0.25, -0.2) is 0 Å². The molecule has 0 spiro atoms. The fourth-order valence-electron chi connectivity index (χ4n) is 3.51. The molecule has 130 valence electrons. The smallest absolute Gasteiger partial charge is 0.257 e. The molecule has 1 aliphatic heterocycles. The van der Waals surface area contributed by atoms with Crippen molar-refractivity contribution in [2.45, 2.75) is 31.2 Å². The molecule has 24 heavy (non-hydrogen) atoms. The van der Waals surface area contributed by atoms with Crippen LogP contribution in [0.5, 0.6) is 0 Å². The third kappa shape index (κ3) is 3.25. The summed E-state index contributed by atoms with van der Waals surface area (Å²) in [6, 6.07) is 5.01. The first-order chi connectivity index (χ1) is 11.4. The number of carbonyl (C=O) groups is 2. The molecule has 0 radical (unpaired) electrons. The lowest BCUT2D eigenvalue weighted by Gasteiger charge is -2.38. The van der Waals surface area contributed by atoms with Gasteiger partial charge in [0.2, 0.25) is 5.91 Å². The number of hydrogen-bond donors (Lipinski definition) is 1. The second-order valence-electron chi connectivity index (χ2n) is 6.54. The van der Waals surface area contributed by atoms with E-state index in [4.69, 9.17) is 28.9 Å². The highest BCUT2D eigenvalue weighted by Crippen LogP contribution is 2.30. The summed E-state index contributed by atoms with van der Waals surface area (Å²) in [5.74, 6) is -0.177. The molecule has 0 unspecified atom stereocenters. The lowest BCUT2D eigenvalue weighted by molar-refractivity contribution is -0.138. The first kappa shape index (κ1) is 17.5. The Labute approximate surface area is 151 Å². The molecule has 3 rings (SSSR count). The third-order valence-electron chi connectivity index (χ3n) is 4.95. The molecule has 5 nitrogen and oxygen atoms in total. The van der Waals surface area contributed by atoms with Crippen LogP contribution in [0.15, 0.2) is 18.2 Å². The number of carbonyl (C=O) groups excluding carboxylic acids is 2. The van der Waals surface area contributed by atoms with Crippen LogP contribution in [0.25, 0.3) is 0 Å². The topological polar surface area (TPSA) is 66.6 Å². The Hall–Kier alpha value is -1.30. The predicted molar refractivity (Wildman–Crippen MR) is 94.3 cm³/mol. The van der Waals surface area contributed by atoms with Crippen molar-refractivity contribution >= 4 is 35.0 Å². The van der Waals surface area contributed by atoms with Gasteiger partial charge in [-0.1, -0.05) is 42.1 Å². The zero-order chi connectivity index (χ0) is 17.3. The molecule has 2 N–H and O–H groups in total. The van der Waals surface area contributed by atoms with E-state index in [0.717, 1.165) is 25.7 Å². The monoisotopic (exact) mass is 369 g/mol. The molecule has 1 saturated carbocycles. The van der Waals surface area contributed by atoms with Gasteiger partial charge in [-0.15, -0.1) is 0 Å². The molecule has 0 atom stereocenters. The summed E-state index contributed by atoms with van der Waals surface area (Å²) < 4.78 is 0. The van der Waals surface area contributed by atoms with E-state index in [9.17, 15) is 9.59 Å². The van der Waals surface area contributed by atoms with Crippen LogP contribution in [-0.2, 0) is 4.79 Å². The lowest BCUT2D eigenvalue weighted by Crippen LogP contribution is -2.59. The van der Waals surface area contributed by atoms with Gasteiger partial charge in [-0.2, -0.15) is 0 Å². The summed E-state index contributed by atoms with van der Waals surface area (Å²) in [7, 11) is 0. The van der Waals surface area contributed by atoms with Gasteiger partial charge in [-0.3, -0.25) is 9.59 Å². The van der Waals surface area contributed by atoms with E-state index in [-0.39, 0.29) is 11.8 Å². The van der Waals surface area contributed by atoms with Crippen LogP contribution in [0.2, 0.25) is 10.0 Å². The standard InChI is InChI=1S/C17H21Cl2N3O2/c18-12-4-3-5-13(19)14(12)15(23)21-8-10-22(11-9-21)16(24)17(20)6-1-2-7-17/h3-5H,1-2,6-11,20H2. The van der Waals surface area contributed by atoms with Crippen molar-refractivity contribution in [2.75, 3.05) is 26.2 Å². The Kier molecular flexibility index (Phi) is 5.04. The molecular formula is C17H21Cl2N3O2. The van der Waals surface area contributed by atoms with Crippen molar-refractivity contribution in [3.8, 4) is 0 Å². The van der Waals surface area contributed by atoms with E-state index < -0.39 is 5.54 Å². The average Bonchev–Trinajstić information content (AvgIpc) is 3.02. The maximum absolute atomic E-state index is 12.7. The number of piperazine rings is 1. The van der Waals surface area contributed by atoms with E-state index in [1.165, 1.54) is 0 Å². The maximum Gasteiger partial charge on any atom is 0.257 e. The van der Waals surface area contributed by atoms with Gasteiger partial charge in [0.05, 0.1) is 21.1 Å². The zero-order valence-electron chi connectivity index (χ0n) is 13.4. The summed E-state index contributed by atoms with van der Waals surface area (Å²) in [5, 5.41) is 0.691. The largest absolute Gasteiger partial charge is 0.338 e. The molecule has 2 fully saturated rings. The Bertz CT molecular complexity index is 631. The van der Waals surface area contributed by atoms with Crippen LogP contribution >= 0.6 is 23.2 Å². The van der Waals surface area contributed by atoms with Gasteiger partial charge in [0.1, 0.15) is 0 Å². The van der Waals surface area contributed by atoms with Gasteiger partial charge >= 0.3 is 0 Å². The van der Waals surface area contributed by atoms with Gasteiger partial charge in [0.25, 0.3) is 5.91 Å². The highest BCUT2D eigenvalue weighted by molar-refractivity contribution is 6.39. The first-order valence-electron chi connectivity index (χ1n) is 8.24. The molecule has 1 saturated heterocycles. The Morgan fingerprint density at radius 3 is 2.00 bits per heavy atom. The Morgan fingerprint density at radius 1 is 0.958 bits per heavy atom. The number of nitrogens with zero attached hydrogens (tertiary/aromatic N) is 2. The Morgan fingerprint density at radius 2 is 1.46 bits per heavy atom. The van der Waals surface area contributed by atoms with Gasteiger partial charge in [-0.05, 0) is 25.0 Å². The molecule has 0 aromatic heterocycles. The van der Waals surface area contributed by atoms with E-state index in [1.54, 1.807) is 28.0 Å². The molecule has 2 aliphatic rings. The summed E-state index contributed by atoms with van der Waals surface area (Å²) >= 11 is 12.2. The van der Waals surface area contributed by atoms with Crippen LogP contribution in [-0.4, -0.2) is 53.3 Å². The van der Waals surface area contributed by atoms with Crippen LogP contribution in [0.1, 0.15) is 36.0 Å². The van der Waals surface area contributed by atoms with E-state index in [1.807, 2.05) is 0 Å². The van der Waals surface area contributed by atoms with Crippen molar-refractivity contribution in [2.24, 2.45) is 5.73 Å². The van der Waals surface area contributed by atoms with Crippen molar-refractivity contribution in [1.82, 2.24) is 9.80 Å². The van der Waals surface area contributed by atoms with Gasteiger partial charge in [0, 0.05) is 26.2 Å². The van der Waals surface area contributed by atoms with E-state index in [2.05, 4.69) is 0 Å². The van der Waals surface area contributed by atoms with Crippen LogP contribution in [0.3, 0.4) is 0 Å². The number of hydrogen-bond acceptors (Lipinski definition) is 3. The molecule has 7 heteroatoms. The fraction of sp³-hybridized carbons (Fsp3) is 0.529. The quantitative estimate of drug-likeness (QED) is 0.870. The SMILES string of the molecule is NC1(C(=O)N2CCN(C(=O)c3c(Cl)cccc3Cl)CC2)CCCC1. The number of amides is 2. The molecule has 1 aliphatic carbocycles. The van der Waals surface area contributed by atoms with Crippen molar-refractivity contribution in [3.05, 3.63) is 33.8 Å². The van der Waals surface area contributed by atoms with Crippen LogP contribution < -0.4 is 5.73 Å². The van der Waals surface area contributed by atoms with Crippen LogP contribution in [0.4, 0.5) is 0 Å². The lowest BCUT2D eigenvalue weighted by atomic mass is 9.97. The number of nitrogens with two attached hydrogens (primary N) is 1. The van der Waals surface area contributed by atoms with Crippen LogP contribution in [0, 0.1) is 0 Å². The second kappa shape index (κ2) is 6.90. The minimum Gasteiger partial charge on any atom is -0.338 e. The summed E-state index contributed by atoms with van der Waals surface area (Å²) in [6.45, 7) is 1.90. The summed E-state index contributed by atoms with van der Waals surface area (Å²) in [6.07, 6.45) is 3.51. The Balaban J connectivity index is 1.65. The van der Waals surface area contributed by atoms with Gasteiger partial charge < -0.3 is 15.5 Å². The normalized spacial score (nSPS) is 20.3. The van der Waals surface area contributed by atoms with Crippen molar-refractivity contribution in [3.63, 3.8) is 0 Å². The highest BCUT2D eigenvalue weighted by Gasteiger charge is 2.41. The molecule has 1 heterocycles. The number of halogens is 2. The minimum atomic E-state index is -0.710. The summed E-state index contributed by atoms with van der Waals surface area (Å²) in [5.41, 5.74) is 5.87. The van der Waals surface area contributed by atoms with Crippen molar-refractivity contribution in [1.29, 1.82) is 0 Å². The van der Waals surface area contributed by atoms with Crippen molar-refractivity contribution < 1.29 is 9.59 Å². The number of rotatable bonds is 2. The fourth-order valence-corrected chi connectivity index (χ4v) is 4.07. The average molecular weight is 370 g/mol. The maximum atomic E-state index is 12.7. The van der Waals surface area contributed by atoms with Gasteiger partial charge in [0.15, 0.2) is 0 Å². The molecule has 2 amide bonds. The van der Waals surface area contributed by atoms with E-state index in [0.29, 0.717) is 41.8 Å². The molecule has 1 aromatic rings. The highest BCUT2D eigenvalue weighted by atomic mass is 35.5. The zero-order valence-corrected chi connectivity index (χ0v) is 14.9. The predicted octanol–water partition coefficient (Wildman–Crippen LogP) is 2.55. The van der Waals surface area contributed by atoms with E-state index >= 15 is 0 Å².